The van der Waals surface area contributed by atoms with Gasteiger partial charge in [-0.15, -0.1) is 0 Å². The van der Waals surface area contributed by atoms with Crippen LogP contribution in [-0.2, 0) is 4.84 Å². The molecule has 0 aliphatic carbocycles. The molecule has 0 fully saturated rings. The molecule has 0 aliphatic heterocycles. The van der Waals surface area contributed by atoms with Crippen molar-refractivity contribution in [2.24, 2.45) is 0 Å². The molecule has 0 unspecified atom stereocenters. The van der Waals surface area contributed by atoms with Crippen LogP contribution in [0.25, 0.3) is 6.08 Å². The van der Waals surface area contributed by atoms with Crippen molar-refractivity contribution in [2.75, 3.05) is 24.8 Å². The van der Waals surface area contributed by atoms with E-state index in [9.17, 15) is 4.79 Å². The van der Waals surface area contributed by atoms with Crippen LogP contribution in [0.15, 0.2) is 48.7 Å². The van der Waals surface area contributed by atoms with Gasteiger partial charge in [-0.05, 0) is 73.0 Å². The maximum absolute atomic E-state index is 12.9. The fourth-order valence-corrected chi connectivity index (χ4v) is 3.25. The average Bonchev–Trinajstić information content (AvgIpc) is 2.84. The molecule has 0 radical (unpaired) electrons. The average molecular weight is 454 g/mol. The van der Waals surface area contributed by atoms with Gasteiger partial charge in [-0.1, -0.05) is 0 Å². The van der Waals surface area contributed by atoms with Crippen LogP contribution in [0.2, 0.25) is 0 Å². The minimum atomic E-state index is -0.418. The van der Waals surface area contributed by atoms with E-state index in [-0.39, 0.29) is 11.5 Å². The summed E-state index contributed by atoms with van der Waals surface area (Å²) in [7, 11) is 2.90. The number of nitrogens with zero attached hydrogens (tertiary/aromatic N) is 5. The van der Waals surface area contributed by atoms with Gasteiger partial charge in [0.05, 0.1) is 24.8 Å². The fraction of sp³-hybridized carbons (Fsp3) is 0.160. The van der Waals surface area contributed by atoms with Crippen LogP contribution in [-0.4, -0.2) is 35.1 Å². The van der Waals surface area contributed by atoms with Crippen molar-refractivity contribution in [3.63, 3.8) is 0 Å². The third kappa shape index (κ3) is 5.54. The highest BCUT2D eigenvalue weighted by Gasteiger charge is 2.20. The highest BCUT2D eigenvalue weighted by atomic mass is 16.7. The molecule has 1 aromatic heterocycles. The lowest BCUT2D eigenvalue weighted by molar-refractivity contribution is -0.0756. The van der Waals surface area contributed by atoms with Gasteiger partial charge in [0.15, 0.2) is 0 Å². The van der Waals surface area contributed by atoms with E-state index in [0.29, 0.717) is 17.1 Å². The number of hydroxylamine groups is 2. The Morgan fingerprint density at radius 2 is 1.79 bits per heavy atom. The second-order valence-electron chi connectivity index (χ2n) is 7.37. The zero-order valence-corrected chi connectivity index (χ0v) is 19.2. The predicted molar refractivity (Wildman–Crippen MR) is 129 cm³/mol. The number of allylic oxidation sites excluding steroid dienone is 1. The molecule has 9 heteroatoms. The van der Waals surface area contributed by atoms with Crippen molar-refractivity contribution in [3.05, 3.63) is 76.5 Å². The number of aromatic nitrogens is 2. The van der Waals surface area contributed by atoms with Gasteiger partial charge in [-0.2, -0.15) is 15.5 Å². The van der Waals surface area contributed by atoms with E-state index < -0.39 is 5.91 Å². The molecule has 34 heavy (non-hydrogen) atoms. The lowest BCUT2D eigenvalue weighted by Crippen LogP contribution is -2.26. The molecule has 3 aromatic rings. The van der Waals surface area contributed by atoms with Gasteiger partial charge in [-0.3, -0.25) is 9.63 Å². The highest BCUT2D eigenvalue weighted by Crippen LogP contribution is 2.29. The third-order valence-electron chi connectivity index (χ3n) is 5.00. The van der Waals surface area contributed by atoms with E-state index in [1.165, 1.54) is 26.4 Å². The van der Waals surface area contributed by atoms with Crippen LogP contribution in [0.3, 0.4) is 0 Å². The maximum atomic E-state index is 12.9. The number of rotatable bonds is 7. The number of nitriles is 2. The number of nitrogens with one attached hydrogen (secondary N) is 2. The zero-order valence-electron chi connectivity index (χ0n) is 19.2. The molecule has 0 aliphatic rings. The smallest absolute Gasteiger partial charge is 0.282 e. The summed E-state index contributed by atoms with van der Waals surface area (Å²) in [5.41, 5.74) is 4.96. The standard InChI is InChI=1S/C25H23N7O2/c1-16-12-19(6-5-11-26)13-17(2)22(16)30-23-21(24(33)32(3)34-4)15-28-25(31-23)29-20-9-7-18(14-27)8-10-20/h5-10,12-13,15H,1-4H3,(H2,28,29,30,31)/b6-5+. The number of amides is 1. The van der Waals surface area contributed by atoms with E-state index in [1.807, 2.05) is 32.0 Å². The number of hydrogen-bond donors (Lipinski definition) is 2. The number of hydrogen-bond acceptors (Lipinski definition) is 8. The number of benzene rings is 2. The molecule has 0 bridgehead atoms. The minimum Gasteiger partial charge on any atom is -0.339 e. The summed E-state index contributed by atoms with van der Waals surface area (Å²) in [6, 6.07) is 14.8. The Bertz CT molecular complexity index is 1300. The van der Waals surface area contributed by atoms with Crippen molar-refractivity contribution in [3.8, 4) is 12.1 Å². The molecular weight excluding hydrogens is 430 g/mol. The van der Waals surface area contributed by atoms with Crippen molar-refractivity contribution in [1.82, 2.24) is 15.0 Å². The van der Waals surface area contributed by atoms with Crippen molar-refractivity contribution in [1.29, 1.82) is 10.5 Å². The number of carbonyl (C=O) groups is 1. The Morgan fingerprint density at radius 1 is 1.12 bits per heavy atom. The molecular formula is C25H23N7O2. The van der Waals surface area contributed by atoms with Crippen molar-refractivity contribution < 1.29 is 9.63 Å². The van der Waals surface area contributed by atoms with E-state index in [4.69, 9.17) is 15.4 Å². The predicted octanol–water partition coefficient (Wildman–Crippen LogP) is 4.62. The first-order chi connectivity index (χ1) is 16.4. The Kier molecular flexibility index (Phi) is 7.55. The van der Waals surface area contributed by atoms with E-state index in [1.54, 1.807) is 30.3 Å². The van der Waals surface area contributed by atoms with Crippen molar-refractivity contribution in [2.45, 2.75) is 13.8 Å². The first-order valence-corrected chi connectivity index (χ1v) is 10.3. The topological polar surface area (TPSA) is 127 Å². The number of anilines is 4. The van der Waals surface area contributed by atoms with E-state index in [2.05, 4.69) is 26.7 Å². The molecule has 1 amide bonds. The lowest BCUT2D eigenvalue weighted by Gasteiger charge is -2.19. The summed E-state index contributed by atoms with van der Waals surface area (Å²) in [6.07, 6.45) is 4.58. The van der Waals surface area contributed by atoms with Gasteiger partial charge in [0.1, 0.15) is 11.4 Å². The van der Waals surface area contributed by atoms with E-state index in [0.717, 1.165) is 27.4 Å². The molecule has 0 atom stereocenters. The second kappa shape index (κ2) is 10.7. The Labute approximate surface area is 197 Å². The summed E-state index contributed by atoms with van der Waals surface area (Å²) in [5.74, 6) is 0.151. The maximum Gasteiger partial charge on any atom is 0.282 e. The summed E-state index contributed by atoms with van der Waals surface area (Å²) in [5, 5.41) is 25.2. The van der Waals surface area contributed by atoms with Crippen LogP contribution in [0.4, 0.5) is 23.1 Å². The zero-order chi connectivity index (χ0) is 24.7. The van der Waals surface area contributed by atoms with Crippen LogP contribution in [0.5, 0.6) is 0 Å². The van der Waals surface area contributed by atoms with Gasteiger partial charge >= 0.3 is 0 Å². The number of carbonyl (C=O) groups excluding carboxylic acids is 1. The first-order valence-electron chi connectivity index (χ1n) is 10.3. The fourth-order valence-electron chi connectivity index (χ4n) is 3.25. The molecule has 0 saturated heterocycles. The van der Waals surface area contributed by atoms with Gasteiger partial charge in [0, 0.05) is 30.7 Å². The third-order valence-corrected chi connectivity index (χ3v) is 5.00. The van der Waals surface area contributed by atoms with Crippen LogP contribution in [0.1, 0.15) is 32.6 Å². The molecule has 1 heterocycles. The first kappa shape index (κ1) is 23.9. The lowest BCUT2D eigenvalue weighted by atomic mass is 10.0. The molecule has 0 saturated carbocycles. The molecule has 2 N–H and O–H groups in total. The quantitative estimate of drug-likeness (QED) is 0.392. The Balaban J connectivity index is 2.01. The second-order valence-corrected chi connectivity index (χ2v) is 7.37. The van der Waals surface area contributed by atoms with Crippen LogP contribution in [0, 0.1) is 36.5 Å². The summed E-state index contributed by atoms with van der Waals surface area (Å²) >= 11 is 0. The Morgan fingerprint density at radius 3 is 2.38 bits per heavy atom. The largest absolute Gasteiger partial charge is 0.339 e. The minimum absolute atomic E-state index is 0.224. The van der Waals surface area contributed by atoms with Crippen LogP contribution >= 0.6 is 0 Å². The summed E-state index contributed by atoms with van der Waals surface area (Å²) in [4.78, 5) is 26.7. The summed E-state index contributed by atoms with van der Waals surface area (Å²) < 4.78 is 0. The normalized spacial score (nSPS) is 10.4. The van der Waals surface area contributed by atoms with Crippen molar-refractivity contribution >= 4 is 35.1 Å². The monoisotopic (exact) mass is 453 g/mol. The Hall–Kier alpha value is -4.73. The van der Waals surface area contributed by atoms with E-state index >= 15 is 0 Å². The number of aryl methyl sites for hydroxylation is 2. The molecule has 3 rings (SSSR count). The summed E-state index contributed by atoms with van der Waals surface area (Å²) in [6.45, 7) is 3.86. The van der Waals surface area contributed by atoms with Gasteiger partial charge < -0.3 is 10.6 Å². The molecule has 170 valence electrons. The SMILES string of the molecule is CON(C)C(=O)c1cnc(Nc2ccc(C#N)cc2)nc1Nc1c(C)cc(/C=C/C#N)cc1C. The molecule has 2 aromatic carbocycles. The van der Waals surface area contributed by atoms with Gasteiger partial charge in [-0.25, -0.2) is 10.0 Å². The molecule has 0 spiro atoms. The van der Waals surface area contributed by atoms with Crippen LogP contribution < -0.4 is 10.6 Å². The van der Waals surface area contributed by atoms with Gasteiger partial charge in [0.25, 0.3) is 5.91 Å². The molecule has 9 nitrogen and oxygen atoms in total. The highest BCUT2D eigenvalue weighted by molar-refractivity contribution is 5.98. The van der Waals surface area contributed by atoms with Gasteiger partial charge in [0.2, 0.25) is 5.95 Å².